The van der Waals surface area contributed by atoms with E-state index in [0.717, 1.165) is 24.1 Å². The molecule has 0 aliphatic heterocycles. The number of nitrogens with one attached hydrogen (secondary N) is 1. The molecule has 0 aromatic heterocycles. The van der Waals surface area contributed by atoms with Gasteiger partial charge in [-0.15, -0.1) is 0 Å². The molecule has 0 bridgehead atoms. The van der Waals surface area contributed by atoms with Gasteiger partial charge in [-0.2, -0.15) is 0 Å². The van der Waals surface area contributed by atoms with E-state index in [1.165, 1.54) is 12.5 Å². The molecule has 1 fully saturated rings. The minimum absolute atomic E-state index is 0.144. The Bertz CT molecular complexity index is 430. The Labute approximate surface area is 101 Å². The van der Waals surface area contributed by atoms with Gasteiger partial charge in [-0.3, -0.25) is 4.79 Å². The predicted molar refractivity (Wildman–Crippen MR) is 67.8 cm³/mol. The molecule has 3 heteroatoms. The van der Waals surface area contributed by atoms with Crippen molar-refractivity contribution in [2.75, 3.05) is 12.4 Å². The summed E-state index contributed by atoms with van der Waals surface area (Å²) in [6.45, 7) is 3.43. The highest BCUT2D eigenvalue weighted by atomic mass is 16.5. The molecule has 0 unspecified atom stereocenters. The van der Waals surface area contributed by atoms with Gasteiger partial charge in [-0.05, 0) is 43.0 Å². The highest BCUT2D eigenvalue weighted by Gasteiger charge is 2.38. The lowest BCUT2D eigenvalue weighted by Crippen LogP contribution is -2.36. The summed E-state index contributed by atoms with van der Waals surface area (Å²) in [4.78, 5) is 11.2. The second kappa shape index (κ2) is 4.72. The van der Waals surface area contributed by atoms with Crippen LogP contribution < -0.4 is 5.32 Å². The normalized spacial score (nSPS) is 17.0. The Morgan fingerprint density at radius 2 is 2.29 bits per heavy atom. The number of amides is 1. The molecule has 0 atom stereocenters. The first-order chi connectivity index (χ1) is 8.20. The third-order valence-electron chi connectivity index (χ3n) is 3.39. The van der Waals surface area contributed by atoms with Crippen LogP contribution in [-0.4, -0.2) is 13.0 Å². The Balaban J connectivity index is 2.22. The van der Waals surface area contributed by atoms with Crippen LogP contribution in [0.15, 0.2) is 36.9 Å². The van der Waals surface area contributed by atoms with Gasteiger partial charge >= 0.3 is 0 Å². The highest BCUT2D eigenvalue weighted by molar-refractivity contribution is 5.98. The molecule has 1 aromatic rings. The van der Waals surface area contributed by atoms with Gasteiger partial charge in [0.25, 0.3) is 0 Å². The zero-order valence-corrected chi connectivity index (χ0v) is 10.0. The average Bonchev–Trinajstić information content (AvgIpc) is 2.29. The number of benzene rings is 1. The monoisotopic (exact) mass is 231 g/mol. The summed E-state index contributed by atoms with van der Waals surface area (Å²) >= 11 is 0. The van der Waals surface area contributed by atoms with E-state index in [4.69, 9.17) is 4.74 Å². The minimum atomic E-state index is -0.192. The van der Waals surface area contributed by atoms with Crippen molar-refractivity contribution in [1.29, 1.82) is 0 Å². The highest BCUT2D eigenvalue weighted by Crippen LogP contribution is 2.44. The predicted octanol–water partition coefficient (Wildman–Crippen LogP) is 2.84. The smallest absolute Gasteiger partial charge is 0.247 e. The second-order valence-corrected chi connectivity index (χ2v) is 4.33. The Hall–Kier alpha value is -1.61. The van der Waals surface area contributed by atoms with E-state index < -0.39 is 0 Å². The summed E-state index contributed by atoms with van der Waals surface area (Å²) in [5.74, 6) is -0.192. The van der Waals surface area contributed by atoms with Crippen molar-refractivity contribution in [2.24, 2.45) is 0 Å². The number of ether oxygens (including phenoxy) is 1. The van der Waals surface area contributed by atoms with Gasteiger partial charge in [0.2, 0.25) is 5.91 Å². The fraction of sp³-hybridized carbons (Fsp3) is 0.357. The van der Waals surface area contributed by atoms with Crippen molar-refractivity contribution in [3.05, 3.63) is 42.5 Å². The van der Waals surface area contributed by atoms with Crippen LogP contribution in [0.1, 0.15) is 24.8 Å². The van der Waals surface area contributed by atoms with Gasteiger partial charge in [-0.25, -0.2) is 0 Å². The van der Waals surface area contributed by atoms with Crippen LogP contribution in [-0.2, 0) is 15.1 Å². The molecule has 0 saturated heterocycles. The van der Waals surface area contributed by atoms with Gasteiger partial charge in [0.05, 0.1) is 5.60 Å². The van der Waals surface area contributed by atoms with Crippen molar-refractivity contribution in [1.82, 2.24) is 0 Å². The molecule has 0 radical (unpaired) electrons. The largest absolute Gasteiger partial charge is 0.374 e. The summed E-state index contributed by atoms with van der Waals surface area (Å²) in [6, 6.07) is 7.83. The van der Waals surface area contributed by atoms with E-state index in [0.29, 0.717) is 0 Å². The van der Waals surface area contributed by atoms with E-state index in [-0.39, 0.29) is 11.5 Å². The minimum Gasteiger partial charge on any atom is -0.374 e. The SMILES string of the molecule is C=CC(=O)Nc1cccc(C2(OC)CCC2)c1. The Kier molecular flexibility index (Phi) is 3.29. The van der Waals surface area contributed by atoms with Crippen molar-refractivity contribution in [3.8, 4) is 0 Å². The molecular formula is C14H17NO2. The lowest BCUT2D eigenvalue weighted by Gasteiger charge is -2.41. The zero-order valence-electron chi connectivity index (χ0n) is 10.0. The van der Waals surface area contributed by atoms with Gasteiger partial charge in [0.1, 0.15) is 0 Å². The summed E-state index contributed by atoms with van der Waals surface area (Å²) < 4.78 is 5.61. The van der Waals surface area contributed by atoms with Gasteiger partial charge in [-0.1, -0.05) is 18.7 Å². The molecule has 0 spiro atoms. The third-order valence-corrected chi connectivity index (χ3v) is 3.39. The lowest BCUT2D eigenvalue weighted by molar-refractivity contribution is -0.111. The number of carbonyl (C=O) groups excluding carboxylic acids is 1. The van der Waals surface area contributed by atoms with Crippen LogP contribution in [0.3, 0.4) is 0 Å². The van der Waals surface area contributed by atoms with E-state index in [2.05, 4.69) is 11.9 Å². The zero-order chi connectivity index (χ0) is 12.3. The van der Waals surface area contributed by atoms with Crippen molar-refractivity contribution in [3.63, 3.8) is 0 Å². The van der Waals surface area contributed by atoms with Crippen molar-refractivity contribution >= 4 is 11.6 Å². The fourth-order valence-corrected chi connectivity index (χ4v) is 2.18. The first-order valence-electron chi connectivity index (χ1n) is 5.79. The maximum absolute atomic E-state index is 11.2. The number of carbonyl (C=O) groups is 1. The van der Waals surface area contributed by atoms with Crippen molar-refractivity contribution < 1.29 is 9.53 Å². The third kappa shape index (κ3) is 2.24. The van der Waals surface area contributed by atoms with E-state index in [1.54, 1.807) is 7.11 Å². The standard InChI is InChI=1S/C14H17NO2/c1-3-13(16)15-12-7-4-6-11(10-12)14(17-2)8-5-9-14/h3-4,6-7,10H,1,5,8-9H2,2H3,(H,15,16). The molecule has 1 aliphatic carbocycles. The summed E-state index contributed by atoms with van der Waals surface area (Å²) in [7, 11) is 1.74. The molecule has 2 rings (SSSR count). The molecule has 1 amide bonds. The van der Waals surface area contributed by atoms with Crippen LogP contribution in [0.2, 0.25) is 0 Å². The molecule has 90 valence electrons. The van der Waals surface area contributed by atoms with Crippen molar-refractivity contribution in [2.45, 2.75) is 24.9 Å². The van der Waals surface area contributed by atoms with E-state index in [1.807, 2.05) is 24.3 Å². The number of hydrogen-bond acceptors (Lipinski definition) is 2. The van der Waals surface area contributed by atoms with Crippen LogP contribution in [0, 0.1) is 0 Å². The molecule has 3 nitrogen and oxygen atoms in total. The first-order valence-corrected chi connectivity index (χ1v) is 5.79. The first kappa shape index (κ1) is 11.9. The van der Waals surface area contributed by atoms with Gasteiger partial charge in [0.15, 0.2) is 0 Å². The number of methoxy groups -OCH3 is 1. The summed E-state index contributed by atoms with van der Waals surface area (Å²) in [5, 5.41) is 2.76. The second-order valence-electron chi connectivity index (χ2n) is 4.33. The average molecular weight is 231 g/mol. The van der Waals surface area contributed by atoms with Crippen LogP contribution >= 0.6 is 0 Å². The summed E-state index contributed by atoms with van der Waals surface area (Å²) in [6.07, 6.45) is 4.55. The Morgan fingerprint density at radius 3 is 2.82 bits per heavy atom. The quantitative estimate of drug-likeness (QED) is 0.809. The molecule has 1 aromatic carbocycles. The maximum atomic E-state index is 11.2. The maximum Gasteiger partial charge on any atom is 0.247 e. The van der Waals surface area contributed by atoms with Gasteiger partial charge < -0.3 is 10.1 Å². The lowest BCUT2D eigenvalue weighted by atomic mass is 9.75. The van der Waals surface area contributed by atoms with Crippen LogP contribution in [0.5, 0.6) is 0 Å². The van der Waals surface area contributed by atoms with Crippen LogP contribution in [0.4, 0.5) is 5.69 Å². The topological polar surface area (TPSA) is 38.3 Å². The molecule has 17 heavy (non-hydrogen) atoms. The molecular weight excluding hydrogens is 214 g/mol. The molecule has 1 N–H and O–H groups in total. The molecule has 1 aliphatic rings. The molecule has 1 saturated carbocycles. The number of rotatable bonds is 4. The summed E-state index contributed by atoms with van der Waals surface area (Å²) in [5.41, 5.74) is 1.78. The van der Waals surface area contributed by atoms with E-state index in [9.17, 15) is 4.79 Å². The molecule has 0 heterocycles. The number of hydrogen-bond donors (Lipinski definition) is 1. The van der Waals surface area contributed by atoms with Gasteiger partial charge in [0, 0.05) is 12.8 Å². The number of anilines is 1. The van der Waals surface area contributed by atoms with E-state index >= 15 is 0 Å². The fourth-order valence-electron chi connectivity index (χ4n) is 2.18. The van der Waals surface area contributed by atoms with Crippen LogP contribution in [0.25, 0.3) is 0 Å². The Morgan fingerprint density at radius 1 is 1.53 bits per heavy atom.